The van der Waals surface area contributed by atoms with Crippen LogP contribution in [0.4, 0.5) is 5.82 Å². The number of hydroxylamine groups is 1. The summed E-state index contributed by atoms with van der Waals surface area (Å²) in [6.45, 7) is 2.84. The Bertz CT molecular complexity index is 238. The lowest BCUT2D eigenvalue weighted by Gasteiger charge is -2.16. The summed E-state index contributed by atoms with van der Waals surface area (Å²) >= 11 is 0. The summed E-state index contributed by atoms with van der Waals surface area (Å²) in [5, 5.41) is 1.41. The molecule has 1 heterocycles. The van der Waals surface area contributed by atoms with Crippen LogP contribution in [-0.4, -0.2) is 18.0 Å². The van der Waals surface area contributed by atoms with Gasteiger partial charge in [0.05, 0.1) is 6.54 Å². The van der Waals surface area contributed by atoms with Crippen LogP contribution in [0.25, 0.3) is 0 Å². The minimum absolute atomic E-state index is 0.387. The van der Waals surface area contributed by atoms with Crippen molar-refractivity contribution in [3.63, 3.8) is 0 Å². The number of carbonyl (C=O) groups is 1. The third-order valence-electron chi connectivity index (χ3n) is 1.36. The molecular formula is C8H10N2O2. The van der Waals surface area contributed by atoms with Gasteiger partial charge in [0.15, 0.2) is 5.82 Å². The first kappa shape index (κ1) is 8.52. The second-order valence-electron chi connectivity index (χ2n) is 2.08. The van der Waals surface area contributed by atoms with Gasteiger partial charge in [-0.05, 0) is 19.1 Å². The lowest BCUT2D eigenvalue weighted by molar-refractivity contribution is -0.130. The maximum atomic E-state index is 10.1. The number of anilines is 1. The summed E-state index contributed by atoms with van der Waals surface area (Å²) in [6, 6.07) is 5.41. The van der Waals surface area contributed by atoms with Crippen molar-refractivity contribution in [3.8, 4) is 0 Å². The lowest BCUT2D eigenvalue weighted by atomic mass is 10.4. The molecule has 64 valence electrons. The monoisotopic (exact) mass is 166 g/mol. The second-order valence-corrected chi connectivity index (χ2v) is 2.08. The summed E-state index contributed by atoms with van der Waals surface area (Å²) in [5.41, 5.74) is 0. The Balaban J connectivity index is 2.72. The molecule has 0 atom stereocenters. The van der Waals surface area contributed by atoms with Crippen molar-refractivity contribution in [2.75, 3.05) is 11.6 Å². The first-order chi connectivity index (χ1) is 5.88. The third-order valence-corrected chi connectivity index (χ3v) is 1.36. The predicted molar refractivity (Wildman–Crippen MR) is 44.4 cm³/mol. The highest BCUT2D eigenvalue weighted by atomic mass is 16.7. The largest absolute Gasteiger partial charge is 0.343 e. The molecule has 1 aromatic rings. The van der Waals surface area contributed by atoms with E-state index in [1.807, 2.05) is 13.0 Å². The van der Waals surface area contributed by atoms with Gasteiger partial charge in [0.2, 0.25) is 0 Å². The molecule has 0 spiro atoms. The van der Waals surface area contributed by atoms with Gasteiger partial charge in [-0.2, -0.15) is 5.06 Å². The smallest absolute Gasteiger partial charge is 0.320 e. The Labute approximate surface area is 70.7 Å². The number of rotatable bonds is 4. The van der Waals surface area contributed by atoms with Gasteiger partial charge < -0.3 is 4.84 Å². The number of carbonyl (C=O) groups excluding carboxylic acids is 1. The van der Waals surface area contributed by atoms with Crippen LogP contribution in [0.1, 0.15) is 6.92 Å². The van der Waals surface area contributed by atoms with E-state index in [0.717, 1.165) is 0 Å². The van der Waals surface area contributed by atoms with Crippen molar-refractivity contribution in [3.05, 3.63) is 24.4 Å². The normalized spacial score (nSPS) is 9.08. The van der Waals surface area contributed by atoms with E-state index in [1.165, 1.54) is 5.06 Å². The van der Waals surface area contributed by atoms with Crippen molar-refractivity contribution >= 4 is 12.3 Å². The average molecular weight is 166 g/mol. The van der Waals surface area contributed by atoms with E-state index in [2.05, 4.69) is 9.82 Å². The molecule has 0 radical (unpaired) electrons. The van der Waals surface area contributed by atoms with Gasteiger partial charge in [0, 0.05) is 6.20 Å². The Morgan fingerprint density at radius 3 is 3.00 bits per heavy atom. The highest BCUT2D eigenvalue weighted by Crippen LogP contribution is 2.07. The third kappa shape index (κ3) is 1.95. The molecule has 12 heavy (non-hydrogen) atoms. The number of nitrogens with zero attached hydrogens (tertiary/aromatic N) is 2. The van der Waals surface area contributed by atoms with Crippen LogP contribution in [0, 0.1) is 0 Å². The van der Waals surface area contributed by atoms with E-state index in [-0.39, 0.29) is 0 Å². The topological polar surface area (TPSA) is 42.4 Å². The van der Waals surface area contributed by atoms with E-state index < -0.39 is 0 Å². The van der Waals surface area contributed by atoms with E-state index in [4.69, 9.17) is 0 Å². The van der Waals surface area contributed by atoms with Crippen LogP contribution in [0.2, 0.25) is 0 Å². The molecule has 0 aliphatic heterocycles. The number of hydrogen-bond acceptors (Lipinski definition) is 4. The average Bonchev–Trinajstić information content (AvgIpc) is 2.15. The fourth-order valence-electron chi connectivity index (χ4n) is 0.844. The van der Waals surface area contributed by atoms with E-state index in [9.17, 15) is 4.79 Å². The molecule has 0 aliphatic rings. The van der Waals surface area contributed by atoms with Crippen LogP contribution >= 0.6 is 0 Å². The fraction of sp³-hybridized carbons (Fsp3) is 0.250. The molecule has 4 nitrogen and oxygen atoms in total. The first-order valence-electron chi connectivity index (χ1n) is 3.67. The van der Waals surface area contributed by atoms with E-state index in [0.29, 0.717) is 18.8 Å². The Morgan fingerprint density at radius 2 is 2.50 bits per heavy atom. The van der Waals surface area contributed by atoms with Gasteiger partial charge in [0.1, 0.15) is 0 Å². The Morgan fingerprint density at radius 1 is 1.67 bits per heavy atom. The van der Waals surface area contributed by atoms with Gasteiger partial charge in [-0.25, -0.2) is 4.98 Å². The van der Waals surface area contributed by atoms with E-state index in [1.54, 1.807) is 18.3 Å². The molecule has 0 saturated heterocycles. The van der Waals surface area contributed by atoms with Crippen molar-refractivity contribution in [1.29, 1.82) is 0 Å². The highest BCUT2D eigenvalue weighted by Gasteiger charge is 2.03. The molecule has 0 fully saturated rings. The van der Waals surface area contributed by atoms with Crippen molar-refractivity contribution in [2.24, 2.45) is 0 Å². The maximum Gasteiger partial charge on any atom is 0.320 e. The van der Waals surface area contributed by atoms with Crippen molar-refractivity contribution < 1.29 is 9.63 Å². The second kappa shape index (κ2) is 4.33. The lowest BCUT2D eigenvalue weighted by Crippen LogP contribution is -2.23. The molecule has 0 bridgehead atoms. The van der Waals surface area contributed by atoms with Crippen LogP contribution in [0.3, 0.4) is 0 Å². The number of pyridine rings is 1. The molecular weight excluding hydrogens is 156 g/mol. The van der Waals surface area contributed by atoms with Gasteiger partial charge in [0.25, 0.3) is 0 Å². The maximum absolute atomic E-state index is 10.1. The SMILES string of the molecule is CCN(OC=O)c1ccccn1. The van der Waals surface area contributed by atoms with Gasteiger partial charge in [-0.1, -0.05) is 6.07 Å². The Hall–Kier alpha value is -1.58. The van der Waals surface area contributed by atoms with Crippen molar-refractivity contribution in [2.45, 2.75) is 6.92 Å². The molecule has 0 unspecified atom stereocenters. The molecule has 4 heteroatoms. The molecule has 1 rings (SSSR count). The fourth-order valence-corrected chi connectivity index (χ4v) is 0.844. The van der Waals surface area contributed by atoms with E-state index >= 15 is 0 Å². The summed E-state index contributed by atoms with van der Waals surface area (Å²) < 4.78 is 0. The number of aromatic nitrogens is 1. The summed E-state index contributed by atoms with van der Waals surface area (Å²) in [4.78, 5) is 18.7. The zero-order valence-corrected chi connectivity index (χ0v) is 6.80. The molecule has 0 N–H and O–H groups in total. The highest BCUT2D eigenvalue weighted by molar-refractivity contribution is 5.43. The molecule has 0 saturated carbocycles. The van der Waals surface area contributed by atoms with Crippen LogP contribution in [0.15, 0.2) is 24.4 Å². The standard InChI is InChI=1S/C8H10N2O2/c1-2-10(12-7-11)8-5-3-4-6-9-8/h3-7H,2H2,1H3. The Kier molecular flexibility index (Phi) is 3.07. The zero-order valence-electron chi connectivity index (χ0n) is 6.80. The summed E-state index contributed by atoms with van der Waals surface area (Å²) in [5.74, 6) is 0.632. The molecule has 0 amide bonds. The van der Waals surface area contributed by atoms with Crippen LogP contribution < -0.4 is 5.06 Å². The minimum atomic E-state index is 0.387. The van der Waals surface area contributed by atoms with Gasteiger partial charge in [-0.15, -0.1) is 0 Å². The molecule has 1 aromatic heterocycles. The van der Waals surface area contributed by atoms with Crippen LogP contribution in [-0.2, 0) is 9.63 Å². The quantitative estimate of drug-likeness (QED) is 0.494. The van der Waals surface area contributed by atoms with Crippen LogP contribution in [0.5, 0.6) is 0 Å². The number of hydrogen-bond donors (Lipinski definition) is 0. The molecule has 0 aliphatic carbocycles. The van der Waals surface area contributed by atoms with Gasteiger partial charge in [-0.3, -0.25) is 4.79 Å². The molecule has 0 aromatic carbocycles. The first-order valence-corrected chi connectivity index (χ1v) is 3.67. The van der Waals surface area contributed by atoms with Crippen molar-refractivity contribution in [1.82, 2.24) is 4.98 Å². The summed E-state index contributed by atoms with van der Waals surface area (Å²) in [6.07, 6.45) is 1.64. The zero-order chi connectivity index (χ0) is 8.81. The minimum Gasteiger partial charge on any atom is -0.343 e. The van der Waals surface area contributed by atoms with Gasteiger partial charge >= 0.3 is 6.47 Å². The predicted octanol–water partition coefficient (Wildman–Crippen LogP) is 0.996. The summed E-state index contributed by atoms with van der Waals surface area (Å²) in [7, 11) is 0.